The van der Waals surface area contributed by atoms with Gasteiger partial charge < -0.3 is 58.9 Å². The highest BCUT2D eigenvalue weighted by molar-refractivity contribution is 8.77. The number of carbonyl (C=O) groups excluding carboxylic acids is 3. The van der Waals surface area contributed by atoms with E-state index in [9.17, 15) is 34.8 Å². The molecular formula is C57H93N5O14S2. The van der Waals surface area contributed by atoms with E-state index in [1.807, 2.05) is 72.9 Å². The number of aryl methyl sites for hydroxylation is 1. The Hall–Kier alpha value is -2.77. The minimum absolute atomic E-state index is 0.0667. The number of esters is 1. The zero-order chi connectivity index (χ0) is 57.3. The highest BCUT2D eigenvalue weighted by atomic mass is 33.1. The number of hydrogen-bond donors (Lipinski definition) is 5. The van der Waals surface area contributed by atoms with Crippen molar-refractivity contribution in [2.24, 2.45) is 23.7 Å². The van der Waals surface area contributed by atoms with Crippen molar-refractivity contribution in [1.82, 2.24) is 25.2 Å². The summed E-state index contributed by atoms with van der Waals surface area (Å²) in [4.78, 5) is 43.3. The molecule has 0 unspecified atom stereocenters. The molecule has 19 atom stereocenters. The lowest BCUT2D eigenvalue weighted by atomic mass is 9.74. The van der Waals surface area contributed by atoms with Gasteiger partial charge in [0.15, 0.2) is 12.6 Å². The van der Waals surface area contributed by atoms with Crippen LogP contribution in [0.15, 0.2) is 30.5 Å². The van der Waals surface area contributed by atoms with Gasteiger partial charge in [-0.2, -0.15) is 0 Å². The molecule has 0 radical (unpaired) electrons. The molecule has 0 spiro atoms. The van der Waals surface area contributed by atoms with Crippen LogP contribution in [0.5, 0.6) is 0 Å². The minimum Gasteiger partial charge on any atom is -0.459 e. The minimum atomic E-state index is -2.00. The van der Waals surface area contributed by atoms with Crippen LogP contribution in [0.2, 0.25) is 0 Å². The average molecular weight is 1140 g/mol. The number of hydrogen-bond acceptors (Lipinski definition) is 19. The average Bonchev–Trinajstić information content (AvgIpc) is 4.18. The van der Waals surface area contributed by atoms with Crippen LogP contribution >= 0.6 is 21.6 Å². The fourth-order valence-corrected chi connectivity index (χ4v) is 15.0. The van der Waals surface area contributed by atoms with Gasteiger partial charge in [-0.05, 0) is 99.1 Å². The van der Waals surface area contributed by atoms with Crippen LogP contribution in [0.3, 0.4) is 0 Å². The van der Waals surface area contributed by atoms with E-state index in [1.165, 1.54) is 39.7 Å². The Labute approximate surface area is 471 Å². The van der Waals surface area contributed by atoms with Gasteiger partial charge in [0, 0.05) is 87.1 Å². The largest absolute Gasteiger partial charge is 0.459 e. The first kappa shape index (κ1) is 64.4. The first-order chi connectivity index (χ1) is 36.9. The molecule has 0 aliphatic carbocycles. The fraction of sp³-hybridized carbons (Fsp3) is 0.807. The van der Waals surface area contributed by atoms with E-state index in [0.717, 1.165) is 41.3 Å². The number of rotatable bonds is 20. The summed E-state index contributed by atoms with van der Waals surface area (Å²) in [6, 6.07) is 7.62. The summed E-state index contributed by atoms with van der Waals surface area (Å²) >= 11 is 0. The number of cyclic esters (lactones) is 1. The summed E-state index contributed by atoms with van der Waals surface area (Å²) in [6.45, 7) is 18.8. The number of aromatic nitrogens is 3. The smallest absolute Gasteiger partial charge is 0.311 e. The molecule has 4 aliphatic rings. The summed E-state index contributed by atoms with van der Waals surface area (Å²) < 4.78 is 46.7. The van der Waals surface area contributed by atoms with Gasteiger partial charge in [-0.25, -0.2) is 0 Å². The maximum Gasteiger partial charge on any atom is 0.311 e. The Morgan fingerprint density at radius 1 is 0.923 bits per heavy atom. The Morgan fingerprint density at radius 3 is 2.28 bits per heavy atom. The highest BCUT2D eigenvalue weighted by Gasteiger charge is 2.54. The lowest BCUT2D eigenvalue weighted by Gasteiger charge is -2.50. The molecule has 6 rings (SSSR count). The second-order valence-electron chi connectivity index (χ2n) is 23.4. The summed E-state index contributed by atoms with van der Waals surface area (Å²) in [5.74, 6) is -3.40. The molecule has 442 valence electrons. The van der Waals surface area contributed by atoms with E-state index in [1.54, 1.807) is 53.1 Å². The van der Waals surface area contributed by atoms with Gasteiger partial charge in [0.1, 0.15) is 35.4 Å². The van der Waals surface area contributed by atoms with E-state index in [0.29, 0.717) is 32.5 Å². The number of nitrogens with zero attached hydrogens (tertiary/aromatic N) is 4. The predicted molar refractivity (Wildman–Crippen MR) is 299 cm³/mol. The third-order valence-electron chi connectivity index (χ3n) is 17.2. The zero-order valence-electron chi connectivity index (χ0n) is 48.5. The molecule has 1 aromatic carbocycles. The predicted octanol–water partition coefficient (Wildman–Crippen LogP) is 6.49. The number of aliphatic hydroxyl groups excluding tert-OH is 3. The van der Waals surface area contributed by atoms with E-state index in [2.05, 4.69) is 20.5 Å². The molecule has 4 aliphatic heterocycles. The molecule has 5 heterocycles. The second-order valence-corrected chi connectivity index (χ2v) is 26.2. The number of nitrogens with one attached hydrogen (secondary N) is 1. The van der Waals surface area contributed by atoms with Gasteiger partial charge in [-0.3, -0.25) is 24.0 Å². The van der Waals surface area contributed by atoms with Crippen molar-refractivity contribution < 1.29 is 68.0 Å². The number of methoxy groups -OCH3 is 2. The summed E-state index contributed by atoms with van der Waals surface area (Å²) in [6.07, 6.45) is -1.94. The standard InChI is InChI=1S/C57H93N5O14S2/c1-14-44-57(10,69)50(66)35(4)47(64)33(2)29-56(9,71-13)52(36(5)49(37(6)53(68)74-44)75-46-30-55(8,70-12)51(67)38(7)73-46)76-54-48(65)43(28-34(3)72-54)61(11)31-39-20-22-40(23-21-39)42-32-62(60-59-42)26-17-25-58-45(63)19-16-15-18-41-24-27-77-78-41/h20-23,32-38,41,43-44,46,48-52,54,65-67,69H,14-19,24-31H2,1-13H3,(H,58,63)/t33-,34+,35+,36-,37+,38+,41+,43-,44-,46+,48+,49+,50+,51+,52-,54-,55-,56-,57-/m1/s1. The molecule has 4 fully saturated rings. The monoisotopic (exact) mass is 1140 g/mol. The maximum absolute atomic E-state index is 14.5. The number of aliphatic hydroxyl groups is 4. The van der Waals surface area contributed by atoms with Crippen molar-refractivity contribution in [2.75, 3.05) is 33.6 Å². The number of unbranched alkanes of at least 4 members (excludes halogenated alkanes) is 1. The molecule has 21 heteroatoms. The van der Waals surface area contributed by atoms with Crippen molar-refractivity contribution in [1.29, 1.82) is 0 Å². The molecule has 0 bridgehead atoms. The number of ketones is 1. The zero-order valence-corrected chi connectivity index (χ0v) is 50.1. The summed E-state index contributed by atoms with van der Waals surface area (Å²) in [5, 5.41) is 59.5. The van der Waals surface area contributed by atoms with Crippen LogP contribution in [0, 0.1) is 23.7 Å². The van der Waals surface area contributed by atoms with Gasteiger partial charge in [-0.15, -0.1) is 5.10 Å². The highest BCUT2D eigenvalue weighted by Crippen LogP contribution is 2.43. The SMILES string of the molecule is CC[C@H]1OC(=O)[C@@H](C)[C@@H](O[C@H]2C[C@@](C)(OC)[C@@H](O)[C@H](C)O2)[C@@H](C)[C@@H](O[C@H]2O[C@@H](C)C[C@@H](N(C)Cc3ccc(-c4cn(CCCNC(=O)CCCC[C@H]5CCSS5)nn4)cc3)[C@@H]2O)[C@](C)(OC)C[C@@H](C)C(=O)[C@H](C)[C@H](O)[C@]1(C)O. The number of Topliss-reactive ketones (excluding diaryl/α,β-unsaturated/α-hetero) is 1. The maximum atomic E-state index is 14.5. The Morgan fingerprint density at radius 2 is 1.63 bits per heavy atom. The van der Waals surface area contributed by atoms with E-state index >= 15 is 0 Å². The number of amides is 1. The van der Waals surface area contributed by atoms with Crippen molar-refractivity contribution in [3.05, 3.63) is 36.0 Å². The van der Waals surface area contributed by atoms with Crippen molar-refractivity contribution in [3.8, 4) is 11.3 Å². The van der Waals surface area contributed by atoms with E-state index < -0.39 is 108 Å². The normalized spacial score (nSPS) is 38.5. The lowest BCUT2D eigenvalue weighted by Crippen LogP contribution is -2.61. The first-order valence-electron chi connectivity index (χ1n) is 28.3. The molecule has 78 heavy (non-hydrogen) atoms. The molecular weight excluding hydrogens is 1040 g/mol. The van der Waals surface area contributed by atoms with E-state index in [-0.39, 0.29) is 37.1 Å². The Kier molecular flexibility index (Phi) is 23.5. The second kappa shape index (κ2) is 28.5. The van der Waals surface area contributed by atoms with Crippen LogP contribution in [-0.4, -0.2) is 181 Å². The van der Waals surface area contributed by atoms with Gasteiger partial charge in [0.25, 0.3) is 0 Å². The van der Waals surface area contributed by atoms with Crippen LogP contribution in [-0.2, 0) is 60.6 Å². The van der Waals surface area contributed by atoms with Crippen molar-refractivity contribution in [2.45, 2.75) is 236 Å². The van der Waals surface area contributed by atoms with E-state index in [4.69, 9.17) is 33.2 Å². The topological polar surface area (TPSA) is 243 Å². The fourth-order valence-electron chi connectivity index (χ4n) is 12.0. The van der Waals surface area contributed by atoms with Gasteiger partial charge >= 0.3 is 5.97 Å². The molecule has 0 saturated carbocycles. The number of ether oxygens (including phenoxy) is 7. The van der Waals surface area contributed by atoms with Gasteiger partial charge in [-0.1, -0.05) is 85.2 Å². The molecule has 5 N–H and O–H groups in total. The third kappa shape index (κ3) is 15.9. The van der Waals surface area contributed by atoms with Crippen LogP contribution < -0.4 is 5.32 Å². The first-order valence-corrected chi connectivity index (χ1v) is 30.7. The molecule has 1 amide bonds. The third-order valence-corrected chi connectivity index (χ3v) is 20.2. The number of likely N-dealkylation sites (N-methyl/N-ethyl adjacent to an activating group) is 1. The molecule has 19 nitrogen and oxygen atoms in total. The number of carbonyl (C=O) groups is 3. The van der Waals surface area contributed by atoms with Crippen molar-refractivity contribution in [3.63, 3.8) is 0 Å². The Bertz CT molecular complexity index is 2220. The number of benzene rings is 1. The lowest BCUT2D eigenvalue weighted by molar-refractivity contribution is -0.319. The van der Waals surface area contributed by atoms with Crippen LogP contribution in [0.25, 0.3) is 11.3 Å². The molecule has 4 saturated heterocycles. The molecule has 1 aromatic heterocycles. The molecule has 2 aromatic rings. The summed E-state index contributed by atoms with van der Waals surface area (Å²) in [5.41, 5.74) is -1.77. The summed E-state index contributed by atoms with van der Waals surface area (Å²) in [7, 11) is 8.90. The Balaban J connectivity index is 1.18. The van der Waals surface area contributed by atoms with Crippen LogP contribution in [0.1, 0.15) is 139 Å². The van der Waals surface area contributed by atoms with Crippen molar-refractivity contribution >= 4 is 39.2 Å². The van der Waals surface area contributed by atoms with Gasteiger partial charge in [0.2, 0.25) is 5.91 Å². The quantitative estimate of drug-likeness (QED) is 0.0541. The van der Waals surface area contributed by atoms with Gasteiger partial charge in [0.05, 0.1) is 53.8 Å². The van der Waals surface area contributed by atoms with Crippen LogP contribution in [0.4, 0.5) is 0 Å².